The molecule has 0 bridgehead atoms. The molecule has 0 saturated carbocycles. The Morgan fingerprint density at radius 1 is 1.16 bits per heavy atom. The van der Waals surface area contributed by atoms with Gasteiger partial charge >= 0.3 is 0 Å². The Balaban J connectivity index is 1.46. The van der Waals surface area contributed by atoms with Gasteiger partial charge in [-0.3, -0.25) is 14.5 Å². The molecule has 8 heteroatoms. The van der Waals surface area contributed by atoms with E-state index in [-0.39, 0.29) is 22.8 Å². The average molecular weight is 423 g/mol. The van der Waals surface area contributed by atoms with Gasteiger partial charge in [-0.15, -0.1) is 0 Å². The van der Waals surface area contributed by atoms with Gasteiger partial charge in [0.2, 0.25) is 0 Å². The van der Waals surface area contributed by atoms with Crippen LogP contribution in [0.1, 0.15) is 27.2 Å². The van der Waals surface area contributed by atoms with E-state index in [0.717, 1.165) is 42.8 Å². The third-order valence-corrected chi connectivity index (χ3v) is 5.88. The fraction of sp³-hybridized carbons (Fsp3) is 0.348. The van der Waals surface area contributed by atoms with E-state index in [9.17, 15) is 9.59 Å². The topological polar surface area (TPSA) is 81.3 Å². The molecule has 7 nitrogen and oxygen atoms in total. The maximum absolute atomic E-state index is 15.1. The number of H-pyrrole nitrogens is 1. The van der Waals surface area contributed by atoms with Crippen molar-refractivity contribution >= 4 is 22.5 Å². The zero-order valence-corrected chi connectivity index (χ0v) is 18.0. The van der Waals surface area contributed by atoms with Crippen LogP contribution in [-0.2, 0) is 6.54 Å². The number of nitrogens with one attached hydrogen (secondary N) is 2. The van der Waals surface area contributed by atoms with E-state index in [1.165, 1.54) is 0 Å². The maximum atomic E-state index is 15.1. The molecule has 0 atom stereocenters. The Morgan fingerprint density at radius 3 is 2.55 bits per heavy atom. The van der Waals surface area contributed by atoms with Gasteiger partial charge in [0.25, 0.3) is 11.5 Å². The Morgan fingerprint density at radius 2 is 1.90 bits per heavy atom. The standard InChI is InChI=1S/C23H26FN5O2/c1-14-10-16(20(24)21-18(14)11-15(2)22(30)27-21)13-28-6-8-29(9-7-28)17-4-5-19(26-12-17)23(31)25-3/h4-5,10-12H,6-9,13H2,1-3H3,(H,25,31)(H,27,30). The molecule has 2 N–H and O–H groups in total. The quantitative estimate of drug-likeness (QED) is 0.673. The number of anilines is 1. The van der Waals surface area contributed by atoms with Crippen molar-refractivity contribution in [2.75, 3.05) is 38.1 Å². The number of fused-ring (bicyclic) bond motifs is 1. The van der Waals surface area contributed by atoms with Gasteiger partial charge < -0.3 is 15.2 Å². The molecule has 0 radical (unpaired) electrons. The zero-order valence-electron chi connectivity index (χ0n) is 18.0. The molecule has 3 aromatic rings. The number of rotatable bonds is 4. The van der Waals surface area contributed by atoms with Gasteiger partial charge in [-0.1, -0.05) is 6.07 Å². The second-order valence-corrected chi connectivity index (χ2v) is 7.98. The van der Waals surface area contributed by atoms with Crippen LogP contribution in [0.2, 0.25) is 0 Å². The number of aromatic amines is 1. The van der Waals surface area contributed by atoms with Crippen LogP contribution in [0, 0.1) is 19.7 Å². The first-order chi connectivity index (χ1) is 14.9. The summed E-state index contributed by atoms with van der Waals surface area (Å²) in [6, 6.07) is 7.25. The highest BCUT2D eigenvalue weighted by atomic mass is 19.1. The Bertz CT molecular complexity index is 1180. The molecule has 3 heterocycles. The van der Waals surface area contributed by atoms with Crippen molar-refractivity contribution in [2.45, 2.75) is 20.4 Å². The summed E-state index contributed by atoms with van der Waals surface area (Å²) < 4.78 is 15.1. The Kier molecular flexibility index (Phi) is 5.73. The second-order valence-electron chi connectivity index (χ2n) is 7.98. The Hall–Kier alpha value is -3.26. The van der Waals surface area contributed by atoms with Gasteiger partial charge in [-0.05, 0) is 37.6 Å². The number of carbonyl (C=O) groups is 1. The number of aryl methyl sites for hydroxylation is 2. The van der Waals surface area contributed by atoms with Crippen molar-refractivity contribution in [1.29, 1.82) is 0 Å². The van der Waals surface area contributed by atoms with E-state index in [0.29, 0.717) is 23.4 Å². The van der Waals surface area contributed by atoms with Crippen LogP contribution in [0.3, 0.4) is 0 Å². The van der Waals surface area contributed by atoms with Crippen LogP contribution in [-0.4, -0.2) is 54.0 Å². The van der Waals surface area contributed by atoms with E-state index >= 15 is 4.39 Å². The number of halogens is 1. The highest BCUT2D eigenvalue weighted by molar-refractivity contribution is 5.92. The van der Waals surface area contributed by atoms with E-state index < -0.39 is 0 Å². The van der Waals surface area contributed by atoms with Crippen molar-refractivity contribution < 1.29 is 9.18 Å². The highest BCUT2D eigenvalue weighted by Crippen LogP contribution is 2.25. The van der Waals surface area contributed by atoms with Crippen molar-refractivity contribution in [3.05, 3.63) is 69.0 Å². The SMILES string of the molecule is CNC(=O)c1ccc(N2CCN(Cc3cc(C)c4cc(C)c(=O)[nH]c4c3F)CC2)cn1. The first-order valence-corrected chi connectivity index (χ1v) is 10.3. The van der Waals surface area contributed by atoms with E-state index in [2.05, 4.69) is 25.1 Å². The molecule has 31 heavy (non-hydrogen) atoms. The van der Waals surface area contributed by atoms with Crippen LogP contribution in [0.25, 0.3) is 10.9 Å². The van der Waals surface area contributed by atoms with Crippen molar-refractivity contribution in [2.24, 2.45) is 0 Å². The predicted octanol–water partition coefficient (Wildman–Crippen LogP) is 2.36. The van der Waals surface area contributed by atoms with Gasteiger partial charge in [-0.25, -0.2) is 9.37 Å². The number of benzene rings is 1. The first kappa shape index (κ1) is 21.0. The molecule has 1 aliphatic rings. The molecular weight excluding hydrogens is 397 g/mol. The third kappa shape index (κ3) is 4.16. The smallest absolute Gasteiger partial charge is 0.269 e. The van der Waals surface area contributed by atoms with Gasteiger partial charge in [0.1, 0.15) is 5.69 Å². The number of aromatic nitrogens is 2. The van der Waals surface area contributed by atoms with E-state index in [1.54, 1.807) is 32.3 Å². The first-order valence-electron chi connectivity index (χ1n) is 10.3. The van der Waals surface area contributed by atoms with Crippen molar-refractivity contribution in [3.8, 4) is 0 Å². The summed E-state index contributed by atoms with van der Waals surface area (Å²) in [5.41, 5.74) is 3.50. The fourth-order valence-corrected chi connectivity index (χ4v) is 4.04. The monoisotopic (exact) mass is 423 g/mol. The van der Waals surface area contributed by atoms with Crippen molar-refractivity contribution in [3.63, 3.8) is 0 Å². The molecule has 1 amide bonds. The molecule has 162 valence electrons. The lowest BCUT2D eigenvalue weighted by Gasteiger charge is -2.36. The predicted molar refractivity (Wildman–Crippen MR) is 119 cm³/mol. The number of hydrogen-bond donors (Lipinski definition) is 2. The van der Waals surface area contributed by atoms with Crippen LogP contribution in [0.15, 0.2) is 35.3 Å². The molecule has 0 aliphatic carbocycles. The average Bonchev–Trinajstić information content (AvgIpc) is 2.78. The molecule has 1 fully saturated rings. The summed E-state index contributed by atoms with van der Waals surface area (Å²) in [5, 5.41) is 3.31. The van der Waals surface area contributed by atoms with Crippen LogP contribution >= 0.6 is 0 Å². The normalized spacial score (nSPS) is 14.8. The number of carbonyl (C=O) groups excluding carboxylic acids is 1. The third-order valence-electron chi connectivity index (χ3n) is 5.88. The number of hydrogen-bond acceptors (Lipinski definition) is 5. The largest absolute Gasteiger partial charge is 0.368 e. The number of piperazine rings is 1. The molecule has 0 spiro atoms. The van der Waals surface area contributed by atoms with Crippen LogP contribution in [0.4, 0.5) is 10.1 Å². The molecule has 1 saturated heterocycles. The fourth-order valence-electron chi connectivity index (χ4n) is 4.04. The van der Waals surface area contributed by atoms with Crippen LogP contribution in [0.5, 0.6) is 0 Å². The molecule has 0 unspecified atom stereocenters. The van der Waals surface area contributed by atoms with Gasteiger partial charge in [0, 0.05) is 56.3 Å². The zero-order chi connectivity index (χ0) is 22.1. The molecular formula is C23H26FN5O2. The lowest BCUT2D eigenvalue weighted by atomic mass is 10.0. The molecule has 2 aromatic heterocycles. The van der Waals surface area contributed by atoms with Crippen LogP contribution < -0.4 is 15.8 Å². The van der Waals surface area contributed by atoms with E-state index in [1.807, 2.05) is 19.1 Å². The summed E-state index contributed by atoms with van der Waals surface area (Å²) in [6.07, 6.45) is 1.71. The summed E-state index contributed by atoms with van der Waals surface area (Å²) in [5.74, 6) is -0.560. The lowest BCUT2D eigenvalue weighted by Crippen LogP contribution is -2.46. The number of pyridine rings is 2. The number of amides is 1. The molecule has 1 aromatic carbocycles. The van der Waals surface area contributed by atoms with Crippen molar-refractivity contribution in [1.82, 2.24) is 20.2 Å². The van der Waals surface area contributed by atoms with Gasteiger partial charge in [-0.2, -0.15) is 0 Å². The summed E-state index contributed by atoms with van der Waals surface area (Å²) in [7, 11) is 1.58. The number of nitrogens with zero attached hydrogens (tertiary/aromatic N) is 3. The summed E-state index contributed by atoms with van der Waals surface area (Å²) >= 11 is 0. The van der Waals surface area contributed by atoms with E-state index in [4.69, 9.17) is 0 Å². The minimum Gasteiger partial charge on any atom is -0.368 e. The minimum atomic E-state index is -0.353. The minimum absolute atomic E-state index is 0.208. The highest BCUT2D eigenvalue weighted by Gasteiger charge is 2.20. The van der Waals surface area contributed by atoms with Gasteiger partial charge in [0.05, 0.1) is 17.4 Å². The molecule has 1 aliphatic heterocycles. The van der Waals surface area contributed by atoms with Gasteiger partial charge in [0.15, 0.2) is 5.82 Å². The molecule has 4 rings (SSSR count). The maximum Gasteiger partial charge on any atom is 0.269 e. The lowest BCUT2D eigenvalue weighted by molar-refractivity contribution is 0.0958. The second kappa shape index (κ2) is 8.47. The summed E-state index contributed by atoms with van der Waals surface area (Å²) in [4.78, 5) is 35.0. The Labute approximate surface area is 179 Å². The summed E-state index contributed by atoms with van der Waals surface area (Å²) in [6.45, 7) is 7.27.